The van der Waals surface area contributed by atoms with Crippen molar-refractivity contribution in [1.82, 2.24) is 15.0 Å². The molecule has 0 aliphatic rings. The fourth-order valence-electron chi connectivity index (χ4n) is 1.31. The second kappa shape index (κ2) is 5.07. The number of hydrogen-bond acceptors (Lipinski definition) is 4. The van der Waals surface area contributed by atoms with Gasteiger partial charge >= 0.3 is 0 Å². The summed E-state index contributed by atoms with van der Waals surface area (Å²) < 4.78 is 6.84. The van der Waals surface area contributed by atoms with Crippen molar-refractivity contribution in [2.75, 3.05) is 13.7 Å². The van der Waals surface area contributed by atoms with E-state index in [1.165, 1.54) is 0 Å². The molecular formula is C9H18N4O. The Labute approximate surface area is 84.2 Å². The highest BCUT2D eigenvalue weighted by atomic mass is 16.5. The number of nitrogens with two attached hydrogens (primary N) is 1. The molecule has 2 N–H and O–H groups in total. The van der Waals surface area contributed by atoms with Crippen molar-refractivity contribution in [3.05, 3.63) is 11.9 Å². The van der Waals surface area contributed by atoms with Crippen molar-refractivity contribution in [1.29, 1.82) is 0 Å². The van der Waals surface area contributed by atoms with Crippen molar-refractivity contribution in [3.8, 4) is 0 Å². The molecule has 0 spiro atoms. The zero-order valence-electron chi connectivity index (χ0n) is 8.97. The van der Waals surface area contributed by atoms with Crippen LogP contribution in [0.25, 0.3) is 0 Å². The number of nitrogens with zero attached hydrogens (tertiary/aromatic N) is 3. The third-order valence-electron chi connectivity index (χ3n) is 1.91. The monoisotopic (exact) mass is 198 g/mol. The van der Waals surface area contributed by atoms with Gasteiger partial charge in [0.05, 0.1) is 24.5 Å². The van der Waals surface area contributed by atoms with Crippen molar-refractivity contribution < 1.29 is 4.74 Å². The minimum atomic E-state index is -0.145. The average Bonchev–Trinajstić information content (AvgIpc) is 2.51. The molecule has 1 aromatic heterocycles. The summed E-state index contributed by atoms with van der Waals surface area (Å²) in [6.07, 6.45) is 1.70. The lowest BCUT2D eigenvalue weighted by Gasteiger charge is -2.13. The standard InChI is InChI=1S/C9H18N4O/c1-7(2)5-13-9(4-11-12-13)8(10)6-14-3/h4,7-8H,5-6,10H2,1-3H3. The smallest absolute Gasteiger partial charge is 0.0778 e. The number of hydrogen-bond donors (Lipinski definition) is 1. The van der Waals surface area contributed by atoms with Crippen LogP contribution in [0.1, 0.15) is 25.6 Å². The van der Waals surface area contributed by atoms with Crippen molar-refractivity contribution in [3.63, 3.8) is 0 Å². The van der Waals surface area contributed by atoms with E-state index in [1.807, 2.05) is 4.68 Å². The molecule has 14 heavy (non-hydrogen) atoms. The summed E-state index contributed by atoms with van der Waals surface area (Å²) in [4.78, 5) is 0. The molecule has 5 heteroatoms. The maximum absolute atomic E-state index is 5.90. The van der Waals surface area contributed by atoms with Crippen LogP contribution in [0, 0.1) is 5.92 Å². The Morgan fingerprint density at radius 1 is 1.57 bits per heavy atom. The zero-order valence-corrected chi connectivity index (χ0v) is 8.97. The Bertz CT molecular complexity index is 272. The molecule has 1 atom stereocenters. The van der Waals surface area contributed by atoms with E-state index in [2.05, 4.69) is 24.2 Å². The van der Waals surface area contributed by atoms with E-state index in [0.29, 0.717) is 12.5 Å². The van der Waals surface area contributed by atoms with E-state index >= 15 is 0 Å². The van der Waals surface area contributed by atoms with Gasteiger partial charge in [0.25, 0.3) is 0 Å². The van der Waals surface area contributed by atoms with Gasteiger partial charge in [-0.2, -0.15) is 0 Å². The first-order valence-corrected chi connectivity index (χ1v) is 4.78. The highest BCUT2D eigenvalue weighted by molar-refractivity contribution is 5.01. The molecule has 0 aromatic carbocycles. The first-order chi connectivity index (χ1) is 6.65. The fraction of sp³-hybridized carbons (Fsp3) is 0.778. The van der Waals surface area contributed by atoms with E-state index in [0.717, 1.165) is 12.2 Å². The van der Waals surface area contributed by atoms with Gasteiger partial charge in [-0.25, -0.2) is 4.68 Å². The molecule has 0 radical (unpaired) electrons. The van der Waals surface area contributed by atoms with E-state index in [9.17, 15) is 0 Å². The van der Waals surface area contributed by atoms with Gasteiger partial charge in [-0.05, 0) is 5.92 Å². The normalized spacial score (nSPS) is 13.5. The fourth-order valence-corrected chi connectivity index (χ4v) is 1.31. The van der Waals surface area contributed by atoms with Gasteiger partial charge in [-0.3, -0.25) is 0 Å². The van der Waals surface area contributed by atoms with Gasteiger partial charge in [0.15, 0.2) is 0 Å². The Morgan fingerprint density at radius 2 is 2.29 bits per heavy atom. The molecule has 1 heterocycles. The molecule has 0 saturated heterocycles. The first-order valence-electron chi connectivity index (χ1n) is 4.78. The van der Waals surface area contributed by atoms with Crippen molar-refractivity contribution >= 4 is 0 Å². The van der Waals surface area contributed by atoms with Crippen LogP contribution in [0.2, 0.25) is 0 Å². The molecule has 0 amide bonds. The molecule has 1 rings (SSSR count). The van der Waals surface area contributed by atoms with Crippen LogP contribution in [-0.2, 0) is 11.3 Å². The number of ether oxygens (including phenoxy) is 1. The average molecular weight is 198 g/mol. The molecule has 0 fully saturated rings. The molecular weight excluding hydrogens is 180 g/mol. The predicted octanol–water partition coefficient (Wildman–Crippen LogP) is 0.580. The number of rotatable bonds is 5. The largest absolute Gasteiger partial charge is 0.383 e. The van der Waals surface area contributed by atoms with Gasteiger partial charge in [-0.1, -0.05) is 19.1 Å². The molecule has 80 valence electrons. The Kier molecular flexibility index (Phi) is 4.03. The van der Waals surface area contributed by atoms with Crippen LogP contribution >= 0.6 is 0 Å². The van der Waals surface area contributed by atoms with Gasteiger partial charge in [0.2, 0.25) is 0 Å². The second-order valence-corrected chi connectivity index (χ2v) is 3.80. The lowest BCUT2D eigenvalue weighted by molar-refractivity contribution is 0.177. The topological polar surface area (TPSA) is 66.0 Å². The minimum Gasteiger partial charge on any atom is -0.383 e. The van der Waals surface area contributed by atoms with E-state index in [1.54, 1.807) is 13.3 Å². The highest BCUT2D eigenvalue weighted by Gasteiger charge is 2.12. The minimum absolute atomic E-state index is 0.145. The number of aromatic nitrogens is 3. The molecule has 1 unspecified atom stereocenters. The molecule has 5 nitrogen and oxygen atoms in total. The molecule has 0 aliphatic carbocycles. The van der Waals surface area contributed by atoms with Crippen LogP contribution in [0.3, 0.4) is 0 Å². The van der Waals surface area contributed by atoms with Crippen LogP contribution < -0.4 is 5.73 Å². The van der Waals surface area contributed by atoms with Gasteiger partial charge in [0.1, 0.15) is 0 Å². The Morgan fingerprint density at radius 3 is 2.86 bits per heavy atom. The van der Waals surface area contributed by atoms with Crippen molar-refractivity contribution in [2.24, 2.45) is 11.7 Å². The van der Waals surface area contributed by atoms with Gasteiger partial charge in [0, 0.05) is 13.7 Å². The summed E-state index contributed by atoms with van der Waals surface area (Å²) in [5.74, 6) is 0.533. The van der Waals surface area contributed by atoms with E-state index < -0.39 is 0 Å². The molecule has 0 aliphatic heterocycles. The molecule has 0 bridgehead atoms. The van der Waals surface area contributed by atoms with Gasteiger partial charge < -0.3 is 10.5 Å². The lowest BCUT2D eigenvalue weighted by Crippen LogP contribution is -2.21. The first kappa shape index (κ1) is 11.1. The SMILES string of the molecule is COCC(N)c1cnnn1CC(C)C. The maximum Gasteiger partial charge on any atom is 0.0778 e. The summed E-state index contributed by atoms with van der Waals surface area (Å²) in [6, 6.07) is -0.145. The number of methoxy groups -OCH3 is 1. The Hall–Kier alpha value is -0.940. The van der Waals surface area contributed by atoms with E-state index in [4.69, 9.17) is 10.5 Å². The predicted molar refractivity (Wildman–Crippen MR) is 53.7 cm³/mol. The lowest BCUT2D eigenvalue weighted by atomic mass is 10.2. The summed E-state index contributed by atoms with van der Waals surface area (Å²) in [6.45, 7) is 5.60. The van der Waals surface area contributed by atoms with Crippen LogP contribution in [0.15, 0.2) is 6.20 Å². The summed E-state index contributed by atoms with van der Waals surface area (Å²) in [5.41, 5.74) is 6.83. The second-order valence-electron chi connectivity index (χ2n) is 3.80. The summed E-state index contributed by atoms with van der Waals surface area (Å²) >= 11 is 0. The zero-order chi connectivity index (χ0) is 10.6. The maximum atomic E-state index is 5.90. The van der Waals surface area contributed by atoms with Crippen molar-refractivity contribution in [2.45, 2.75) is 26.4 Å². The third-order valence-corrected chi connectivity index (χ3v) is 1.91. The Balaban J connectivity index is 2.70. The summed E-state index contributed by atoms with van der Waals surface area (Å²) in [5, 5.41) is 7.85. The van der Waals surface area contributed by atoms with Crippen LogP contribution in [-0.4, -0.2) is 28.7 Å². The highest BCUT2D eigenvalue weighted by Crippen LogP contribution is 2.10. The van der Waals surface area contributed by atoms with E-state index in [-0.39, 0.29) is 6.04 Å². The quantitative estimate of drug-likeness (QED) is 0.751. The third kappa shape index (κ3) is 2.78. The van der Waals surface area contributed by atoms with Gasteiger partial charge in [-0.15, -0.1) is 5.10 Å². The van der Waals surface area contributed by atoms with Crippen LogP contribution in [0.5, 0.6) is 0 Å². The van der Waals surface area contributed by atoms with Crippen LogP contribution in [0.4, 0.5) is 0 Å². The summed E-state index contributed by atoms with van der Waals surface area (Å²) in [7, 11) is 1.64. The molecule has 0 saturated carbocycles. The molecule has 1 aromatic rings.